The molecule has 0 unspecified atom stereocenters. The molecule has 0 spiro atoms. The third-order valence-corrected chi connectivity index (χ3v) is 2.69. The summed E-state index contributed by atoms with van der Waals surface area (Å²) in [5.74, 6) is 0.769. The van der Waals surface area contributed by atoms with Crippen LogP contribution in [0.15, 0.2) is 12.3 Å². The van der Waals surface area contributed by atoms with Crippen LogP contribution in [0.3, 0.4) is 0 Å². The molecule has 0 aliphatic rings. The molecule has 0 aliphatic carbocycles. The van der Waals surface area contributed by atoms with E-state index in [2.05, 4.69) is 27.3 Å². The van der Waals surface area contributed by atoms with Crippen molar-refractivity contribution in [3.8, 4) is 0 Å². The van der Waals surface area contributed by atoms with Crippen LogP contribution in [0.1, 0.15) is 18.2 Å². The van der Waals surface area contributed by atoms with Crippen molar-refractivity contribution >= 4 is 23.4 Å². The molecular formula is C11H15ClN6. The summed E-state index contributed by atoms with van der Waals surface area (Å²) in [6, 6.07) is 1.64. The van der Waals surface area contributed by atoms with Crippen molar-refractivity contribution in [1.82, 2.24) is 19.7 Å². The molecule has 6 nitrogen and oxygen atoms in total. The second-order valence-corrected chi connectivity index (χ2v) is 4.30. The Hall–Kier alpha value is -1.82. The average molecular weight is 267 g/mol. The number of nitrogen functional groups attached to an aromatic ring is 1. The maximum atomic E-state index is 5.81. The Bertz CT molecular complexity index is 530. The predicted molar refractivity (Wildman–Crippen MR) is 71.4 cm³/mol. The molecule has 0 atom stereocenters. The van der Waals surface area contributed by atoms with E-state index in [0.29, 0.717) is 17.5 Å². The molecule has 0 bridgehead atoms. The van der Waals surface area contributed by atoms with E-state index in [0.717, 1.165) is 17.7 Å². The number of aryl methyl sites for hydroxylation is 2. The van der Waals surface area contributed by atoms with Gasteiger partial charge in [-0.2, -0.15) is 10.1 Å². The molecule has 3 N–H and O–H groups in total. The summed E-state index contributed by atoms with van der Waals surface area (Å²) < 4.78 is 1.80. The first-order valence-electron chi connectivity index (χ1n) is 5.63. The summed E-state index contributed by atoms with van der Waals surface area (Å²) in [5.41, 5.74) is 7.73. The van der Waals surface area contributed by atoms with E-state index < -0.39 is 0 Å². The van der Waals surface area contributed by atoms with E-state index in [-0.39, 0.29) is 5.95 Å². The van der Waals surface area contributed by atoms with Gasteiger partial charge in [-0.25, -0.2) is 4.98 Å². The van der Waals surface area contributed by atoms with Gasteiger partial charge in [0, 0.05) is 31.4 Å². The zero-order valence-corrected chi connectivity index (χ0v) is 11.1. The van der Waals surface area contributed by atoms with E-state index in [9.17, 15) is 0 Å². The predicted octanol–water partition coefficient (Wildman–Crippen LogP) is 1.62. The SMILES string of the molecule is CCc1nn(C)cc1CNc1cc(Cl)nc(N)n1. The average Bonchev–Trinajstić information content (AvgIpc) is 2.66. The second kappa shape index (κ2) is 5.22. The Kier molecular flexibility index (Phi) is 3.66. The Labute approximate surface area is 110 Å². The highest BCUT2D eigenvalue weighted by molar-refractivity contribution is 6.29. The van der Waals surface area contributed by atoms with Crippen molar-refractivity contribution in [2.24, 2.45) is 7.05 Å². The summed E-state index contributed by atoms with van der Waals surface area (Å²) in [7, 11) is 1.90. The Morgan fingerprint density at radius 2 is 2.22 bits per heavy atom. The molecule has 2 aromatic heterocycles. The van der Waals surface area contributed by atoms with E-state index in [1.54, 1.807) is 10.7 Å². The van der Waals surface area contributed by atoms with Gasteiger partial charge in [0.05, 0.1) is 5.69 Å². The molecule has 2 aromatic rings. The molecule has 2 heterocycles. The van der Waals surface area contributed by atoms with Crippen molar-refractivity contribution in [3.05, 3.63) is 28.7 Å². The van der Waals surface area contributed by atoms with Gasteiger partial charge < -0.3 is 11.1 Å². The van der Waals surface area contributed by atoms with Gasteiger partial charge in [0.25, 0.3) is 0 Å². The number of anilines is 2. The number of hydrogen-bond donors (Lipinski definition) is 2. The molecule has 0 saturated heterocycles. The van der Waals surface area contributed by atoms with Gasteiger partial charge in [-0.05, 0) is 6.42 Å². The standard InChI is InChI=1S/C11H15ClN6/c1-3-8-7(6-18(2)17-8)5-14-10-4-9(12)15-11(13)16-10/h4,6H,3,5H2,1-2H3,(H3,13,14,15,16). The first kappa shape index (κ1) is 12.6. The van der Waals surface area contributed by atoms with Crippen LogP contribution in [0, 0.1) is 0 Å². The van der Waals surface area contributed by atoms with Crippen molar-refractivity contribution < 1.29 is 0 Å². The van der Waals surface area contributed by atoms with Gasteiger partial charge in [0.2, 0.25) is 5.95 Å². The van der Waals surface area contributed by atoms with E-state index in [1.165, 1.54) is 0 Å². The Morgan fingerprint density at radius 3 is 2.89 bits per heavy atom. The summed E-state index contributed by atoms with van der Waals surface area (Å²) in [5, 5.41) is 7.86. The first-order valence-corrected chi connectivity index (χ1v) is 6.01. The molecule has 96 valence electrons. The maximum absolute atomic E-state index is 5.81. The molecule has 2 rings (SSSR count). The Balaban J connectivity index is 2.11. The minimum atomic E-state index is 0.159. The number of hydrogen-bond acceptors (Lipinski definition) is 5. The lowest BCUT2D eigenvalue weighted by molar-refractivity contribution is 0.746. The lowest BCUT2D eigenvalue weighted by atomic mass is 10.2. The van der Waals surface area contributed by atoms with Gasteiger partial charge in [-0.15, -0.1) is 0 Å². The minimum absolute atomic E-state index is 0.159. The van der Waals surface area contributed by atoms with Crippen molar-refractivity contribution in [3.63, 3.8) is 0 Å². The van der Waals surface area contributed by atoms with Crippen LogP contribution in [-0.2, 0) is 20.0 Å². The van der Waals surface area contributed by atoms with Crippen LogP contribution in [0.2, 0.25) is 5.15 Å². The third kappa shape index (κ3) is 2.89. The van der Waals surface area contributed by atoms with Crippen LogP contribution in [0.25, 0.3) is 0 Å². The van der Waals surface area contributed by atoms with Crippen molar-refractivity contribution in [2.75, 3.05) is 11.1 Å². The number of nitrogens with two attached hydrogens (primary N) is 1. The highest BCUT2D eigenvalue weighted by Crippen LogP contribution is 2.14. The lowest BCUT2D eigenvalue weighted by Crippen LogP contribution is -2.05. The van der Waals surface area contributed by atoms with E-state index in [1.807, 2.05) is 13.2 Å². The molecule has 0 radical (unpaired) electrons. The smallest absolute Gasteiger partial charge is 0.223 e. The van der Waals surface area contributed by atoms with Crippen LogP contribution in [0.4, 0.5) is 11.8 Å². The topological polar surface area (TPSA) is 81.7 Å². The highest BCUT2D eigenvalue weighted by atomic mass is 35.5. The number of aromatic nitrogens is 4. The number of nitrogens with zero attached hydrogens (tertiary/aromatic N) is 4. The molecule has 0 saturated carbocycles. The summed E-state index contributed by atoms with van der Waals surface area (Å²) in [4.78, 5) is 7.86. The number of halogens is 1. The van der Waals surface area contributed by atoms with Crippen LogP contribution < -0.4 is 11.1 Å². The summed E-state index contributed by atoms with van der Waals surface area (Å²) >= 11 is 5.81. The molecular weight excluding hydrogens is 252 g/mol. The highest BCUT2D eigenvalue weighted by Gasteiger charge is 2.06. The number of rotatable bonds is 4. The van der Waals surface area contributed by atoms with E-state index in [4.69, 9.17) is 17.3 Å². The fourth-order valence-corrected chi connectivity index (χ4v) is 1.93. The first-order chi connectivity index (χ1) is 8.58. The maximum Gasteiger partial charge on any atom is 0.223 e. The summed E-state index contributed by atoms with van der Waals surface area (Å²) in [6.07, 6.45) is 2.88. The normalized spacial score (nSPS) is 10.6. The van der Waals surface area contributed by atoms with Gasteiger partial charge in [0.1, 0.15) is 11.0 Å². The zero-order valence-electron chi connectivity index (χ0n) is 10.3. The van der Waals surface area contributed by atoms with Gasteiger partial charge >= 0.3 is 0 Å². The Morgan fingerprint density at radius 1 is 1.44 bits per heavy atom. The second-order valence-electron chi connectivity index (χ2n) is 3.92. The van der Waals surface area contributed by atoms with Crippen LogP contribution in [-0.4, -0.2) is 19.7 Å². The fraction of sp³-hybridized carbons (Fsp3) is 0.364. The quantitative estimate of drug-likeness (QED) is 0.822. The molecule has 18 heavy (non-hydrogen) atoms. The van der Waals surface area contributed by atoms with Crippen molar-refractivity contribution in [2.45, 2.75) is 19.9 Å². The van der Waals surface area contributed by atoms with Gasteiger partial charge in [0.15, 0.2) is 0 Å². The molecule has 0 aliphatic heterocycles. The van der Waals surface area contributed by atoms with E-state index >= 15 is 0 Å². The largest absolute Gasteiger partial charge is 0.368 e. The summed E-state index contributed by atoms with van der Waals surface area (Å²) in [6.45, 7) is 2.70. The monoisotopic (exact) mass is 266 g/mol. The van der Waals surface area contributed by atoms with Gasteiger partial charge in [-0.3, -0.25) is 4.68 Å². The zero-order chi connectivity index (χ0) is 13.1. The molecule has 7 heteroatoms. The molecule has 0 fully saturated rings. The van der Waals surface area contributed by atoms with Gasteiger partial charge in [-0.1, -0.05) is 18.5 Å². The lowest BCUT2D eigenvalue weighted by Gasteiger charge is -2.05. The third-order valence-electron chi connectivity index (χ3n) is 2.50. The van der Waals surface area contributed by atoms with Crippen LogP contribution >= 0.6 is 11.6 Å². The molecule has 0 amide bonds. The van der Waals surface area contributed by atoms with Crippen LogP contribution in [0.5, 0.6) is 0 Å². The minimum Gasteiger partial charge on any atom is -0.368 e. The molecule has 0 aromatic carbocycles. The van der Waals surface area contributed by atoms with Crippen molar-refractivity contribution in [1.29, 1.82) is 0 Å². The fourth-order valence-electron chi connectivity index (χ4n) is 1.74. The number of nitrogens with one attached hydrogen (secondary N) is 1.